The Morgan fingerprint density at radius 1 is 0.872 bits per heavy atom. The van der Waals surface area contributed by atoms with Gasteiger partial charge in [0.15, 0.2) is 0 Å². The summed E-state index contributed by atoms with van der Waals surface area (Å²) in [6, 6.07) is 29.5. The number of amides is 2. The molecule has 246 valence electrons. The maximum atomic E-state index is 14.7. The Morgan fingerprint density at radius 2 is 1.51 bits per heavy atom. The molecule has 5 rings (SSSR count). The van der Waals surface area contributed by atoms with E-state index in [1.54, 1.807) is 36.4 Å². The molecule has 0 unspecified atom stereocenters. The Morgan fingerprint density at radius 3 is 2.17 bits per heavy atom. The summed E-state index contributed by atoms with van der Waals surface area (Å²) in [7, 11) is -2.78. The van der Waals surface area contributed by atoms with Crippen molar-refractivity contribution < 1.29 is 22.7 Å². The number of carbonyl (C=O) groups excluding carboxylic acids is 2. The van der Waals surface area contributed by atoms with E-state index in [9.17, 15) is 18.0 Å². The molecule has 1 saturated carbocycles. The van der Waals surface area contributed by atoms with Crippen molar-refractivity contribution in [2.75, 3.05) is 18.0 Å². The van der Waals surface area contributed by atoms with Crippen LogP contribution in [0, 0.1) is 6.92 Å². The molecule has 0 spiro atoms. The summed E-state index contributed by atoms with van der Waals surface area (Å²) in [5.74, 6) is -0.469. The Bertz CT molecular complexity index is 1760. The average Bonchev–Trinajstić information content (AvgIpc) is 3.59. The fourth-order valence-corrected chi connectivity index (χ4v) is 7.58. The lowest BCUT2D eigenvalue weighted by Gasteiger charge is -2.34. The Kier molecular flexibility index (Phi) is 11.4. The van der Waals surface area contributed by atoms with Gasteiger partial charge >= 0.3 is 0 Å². The number of para-hydroxylation sites is 2. The summed E-state index contributed by atoms with van der Waals surface area (Å²) in [6.45, 7) is 1.43. The molecule has 2 amide bonds. The van der Waals surface area contributed by atoms with E-state index in [4.69, 9.17) is 4.74 Å². The topological polar surface area (TPSA) is 96.0 Å². The van der Waals surface area contributed by atoms with E-state index in [0.717, 1.165) is 51.2 Å². The van der Waals surface area contributed by atoms with Gasteiger partial charge in [-0.05, 0) is 67.3 Å². The fraction of sp³-hybridized carbons (Fsp3) is 0.297. The van der Waals surface area contributed by atoms with E-state index in [-0.39, 0.29) is 35.5 Å². The first-order valence-corrected chi connectivity index (χ1v) is 18.0. The number of ether oxygens (including phenoxy) is 1. The minimum atomic E-state index is -4.23. The van der Waals surface area contributed by atoms with E-state index in [1.807, 2.05) is 61.5 Å². The van der Waals surface area contributed by atoms with Crippen molar-refractivity contribution in [2.24, 2.45) is 0 Å². The van der Waals surface area contributed by atoms with Gasteiger partial charge in [-0.15, -0.1) is 0 Å². The van der Waals surface area contributed by atoms with Crippen LogP contribution in [-0.2, 0) is 32.6 Å². The Hall–Kier alpha value is -4.15. The number of sulfonamides is 1. The minimum Gasteiger partial charge on any atom is -0.495 e. The number of nitrogens with one attached hydrogen (secondary N) is 1. The highest BCUT2D eigenvalue weighted by Gasteiger charge is 2.36. The van der Waals surface area contributed by atoms with Gasteiger partial charge in [-0.2, -0.15) is 0 Å². The third kappa shape index (κ3) is 8.61. The van der Waals surface area contributed by atoms with Gasteiger partial charge in [0.1, 0.15) is 18.3 Å². The molecule has 8 nitrogen and oxygen atoms in total. The van der Waals surface area contributed by atoms with Gasteiger partial charge in [0.05, 0.1) is 17.7 Å². The van der Waals surface area contributed by atoms with Gasteiger partial charge in [0.2, 0.25) is 11.8 Å². The molecule has 0 aliphatic heterocycles. The van der Waals surface area contributed by atoms with E-state index in [0.29, 0.717) is 5.75 Å². The summed E-state index contributed by atoms with van der Waals surface area (Å²) >= 11 is 3.48. The molecule has 0 heterocycles. The van der Waals surface area contributed by atoms with Crippen LogP contribution in [0.2, 0.25) is 0 Å². The normalized spacial score (nSPS) is 13.9. The van der Waals surface area contributed by atoms with Crippen molar-refractivity contribution in [2.45, 2.75) is 62.6 Å². The van der Waals surface area contributed by atoms with Gasteiger partial charge < -0.3 is 15.0 Å². The molecule has 47 heavy (non-hydrogen) atoms. The lowest BCUT2D eigenvalue weighted by Crippen LogP contribution is -2.54. The number of hydrogen-bond donors (Lipinski definition) is 1. The van der Waals surface area contributed by atoms with Crippen LogP contribution >= 0.6 is 15.9 Å². The smallest absolute Gasteiger partial charge is 0.264 e. The van der Waals surface area contributed by atoms with Gasteiger partial charge in [0, 0.05) is 23.5 Å². The van der Waals surface area contributed by atoms with Gasteiger partial charge in [0.25, 0.3) is 10.0 Å². The van der Waals surface area contributed by atoms with Crippen molar-refractivity contribution >= 4 is 43.5 Å². The highest BCUT2D eigenvalue weighted by molar-refractivity contribution is 9.10. The SMILES string of the molecule is COc1ccccc1N(CC(=O)N(Cc1ccc(Br)cc1)[C@@H](Cc1ccccc1)C(=O)NC1CCCC1)S(=O)(=O)c1ccc(C)cc1. The second kappa shape index (κ2) is 15.6. The van der Waals surface area contributed by atoms with Crippen molar-refractivity contribution in [3.8, 4) is 5.75 Å². The highest BCUT2D eigenvalue weighted by atomic mass is 79.9. The molecule has 10 heteroatoms. The molecular formula is C37H40BrN3O5S. The molecule has 1 aliphatic rings. The van der Waals surface area contributed by atoms with Crippen molar-refractivity contribution in [1.82, 2.24) is 10.2 Å². The van der Waals surface area contributed by atoms with Crippen LogP contribution in [0.4, 0.5) is 5.69 Å². The molecule has 0 saturated heterocycles. The molecular weight excluding hydrogens is 678 g/mol. The van der Waals surface area contributed by atoms with Gasteiger partial charge in [-0.25, -0.2) is 8.42 Å². The monoisotopic (exact) mass is 717 g/mol. The van der Waals surface area contributed by atoms with Crippen LogP contribution in [0.1, 0.15) is 42.4 Å². The first-order chi connectivity index (χ1) is 22.7. The zero-order chi connectivity index (χ0) is 33.4. The lowest BCUT2D eigenvalue weighted by molar-refractivity contribution is -0.140. The van der Waals surface area contributed by atoms with E-state index in [1.165, 1.54) is 24.1 Å². The molecule has 1 N–H and O–H groups in total. The minimum absolute atomic E-state index is 0.0393. The lowest BCUT2D eigenvalue weighted by atomic mass is 10.0. The van der Waals surface area contributed by atoms with Gasteiger partial charge in [-0.1, -0.05) is 101 Å². The molecule has 4 aromatic rings. The van der Waals surface area contributed by atoms with E-state index in [2.05, 4.69) is 21.2 Å². The number of nitrogens with zero attached hydrogens (tertiary/aromatic N) is 2. The predicted octanol–water partition coefficient (Wildman–Crippen LogP) is 6.66. The number of benzene rings is 4. The van der Waals surface area contributed by atoms with E-state index < -0.39 is 28.5 Å². The molecule has 0 bridgehead atoms. The molecule has 1 atom stereocenters. The predicted molar refractivity (Wildman–Crippen MR) is 188 cm³/mol. The van der Waals surface area contributed by atoms with Crippen molar-refractivity contribution in [3.05, 3.63) is 124 Å². The Labute approximate surface area is 285 Å². The standard InChI is InChI=1S/C37H40BrN3O5S/c1-27-16-22-32(23-17-27)47(44,45)41(33-14-8-9-15-35(33)46-2)26-36(42)40(25-29-18-20-30(38)21-19-29)34(24-28-10-4-3-5-11-28)37(43)39-31-12-6-7-13-31/h3-5,8-11,14-23,31,34H,6-7,12-13,24-26H2,1-2H3,(H,39,43)/t34-/m0/s1. The molecule has 4 aromatic carbocycles. The van der Waals surface area contributed by atoms with Crippen LogP contribution in [-0.4, -0.2) is 50.9 Å². The highest BCUT2D eigenvalue weighted by Crippen LogP contribution is 2.33. The summed E-state index contributed by atoms with van der Waals surface area (Å²) in [6.07, 6.45) is 4.13. The first-order valence-electron chi connectivity index (χ1n) is 15.8. The zero-order valence-corrected chi connectivity index (χ0v) is 29.0. The fourth-order valence-electron chi connectivity index (χ4n) is 5.89. The zero-order valence-electron chi connectivity index (χ0n) is 26.6. The summed E-state index contributed by atoms with van der Waals surface area (Å²) < 4.78 is 36.1. The molecule has 1 fully saturated rings. The summed E-state index contributed by atoms with van der Waals surface area (Å²) in [4.78, 5) is 30.4. The van der Waals surface area contributed by atoms with Crippen LogP contribution in [0.5, 0.6) is 5.75 Å². The number of anilines is 1. The number of rotatable bonds is 13. The summed E-state index contributed by atoms with van der Waals surface area (Å²) in [5.41, 5.74) is 2.82. The van der Waals surface area contributed by atoms with E-state index >= 15 is 0 Å². The number of aryl methyl sites for hydroxylation is 1. The van der Waals surface area contributed by atoms with Crippen LogP contribution in [0.15, 0.2) is 112 Å². The average molecular weight is 719 g/mol. The second-order valence-corrected chi connectivity index (χ2v) is 14.6. The maximum Gasteiger partial charge on any atom is 0.264 e. The van der Waals surface area contributed by atoms with Crippen molar-refractivity contribution in [1.29, 1.82) is 0 Å². The largest absolute Gasteiger partial charge is 0.495 e. The number of carbonyl (C=O) groups is 2. The number of halogens is 1. The van der Waals surface area contributed by atoms with Crippen molar-refractivity contribution in [3.63, 3.8) is 0 Å². The molecule has 1 aliphatic carbocycles. The maximum absolute atomic E-state index is 14.7. The first kappa shape index (κ1) is 34.2. The van der Waals surface area contributed by atoms with Gasteiger partial charge in [-0.3, -0.25) is 13.9 Å². The Balaban J connectivity index is 1.58. The number of methoxy groups -OCH3 is 1. The van der Waals surface area contributed by atoms with Crippen LogP contribution in [0.3, 0.4) is 0 Å². The third-order valence-electron chi connectivity index (χ3n) is 8.48. The number of hydrogen-bond acceptors (Lipinski definition) is 5. The quantitative estimate of drug-likeness (QED) is 0.167. The second-order valence-electron chi connectivity index (χ2n) is 11.8. The van der Waals surface area contributed by atoms with Crippen LogP contribution < -0.4 is 14.4 Å². The molecule has 0 aromatic heterocycles. The van der Waals surface area contributed by atoms with Crippen LogP contribution in [0.25, 0.3) is 0 Å². The third-order valence-corrected chi connectivity index (χ3v) is 10.8. The molecule has 0 radical (unpaired) electrons. The summed E-state index contributed by atoms with van der Waals surface area (Å²) in [5, 5.41) is 3.20.